The maximum Gasteiger partial charge on any atom is 0.136 e. The minimum absolute atomic E-state index is 0.908. The molecule has 0 bridgehead atoms. The quantitative estimate of drug-likeness (QED) is 0.185. The van der Waals surface area contributed by atoms with E-state index in [0.717, 1.165) is 44.6 Å². The first-order valence-corrected chi connectivity index (χ1v) is 16.3. The van der Waals surface area contributed by atoms with Crippen LogP contribution in [0.15, 0.2) is 192 Å². The zero-order valence-electron chi connectivity index (χ0n) is 26.3. The van der Waals surface area contributed by atoms with Crippen molar-refractivity contribution < 1.29 is 4.42 Å². The second-order valence-electron chi connectivity index (χ2n) is 12.2. The highest BCUT2D eigenvalue weighted by Crippen LogP contribution is 2.43. The molecule has 9 rings (SSSR count). The van der Waals surface area contributed by atoms with Crippen LogP contribution in [0.4, 0.5) is 17.1 Å². The molecule has 2 heteroatoms. The summed E-state index contributed by atoms with van der Waals surface area (Å²) in [6.07, 6.45) is 0. The van der Waals surface area contributed by atoms with Crippen LogP contribution in [0, 0.1) is 0 Å². The smallest absolute Gasteiger partial charge is 0.136 e. The Morgan fingerprint density at radius 1 is 0.333 bits per heavy atom. The normalized spacial score (nSPS) is 11.3. The molecule has 0 fully saturated rings. The predicted octanol–water partition coefficient (Wildman–Crippen LogP) is 13.2. The van der Waals surface area contributed by atoms with Gasteiger partial charge in [-0.2, -0.15) is 0 Å². The van der Waals surface area contributed by atoms with Crippen LogP contribution in [0.25, 0.3) is 66.1 Å². The van der Waals surface area contributed by atoms with E-state index in [-0.39, 0.29) is 0 Å². The van der Waals surface area contributed by atoms with Crippen LogP contribution >= 0.6 is 0 Å². The fourth-order valence-corrected chi connectivity index (χ4v) is 6.96. The lowest BCUT2D eigenvalue weighted by atomic mass is 9.93. The van der Waals surface area contributed by atoms with Crippen molar-refractivity contribution in [3.63, 3.8) is 0 Å². The number of fused-ring (bicyclic) bond motifs is 4. The molecule has 9 aromatic rings. The van der Waals surface area contributed by atoms with Crippen molar-refractivity contribution >= 4 is 49.8 Å². The van der Waals surface area contributed by atoms with E-state index in [1.54, 1.807) is 0 Å². The monoisotopic (exact) mass is 613 g/mol. The maximum atomic E-state index is 6.37. The van der Waals surface area contributed by atoms with Crippen LogP contribution in [-0.4, -0.2) is 0 Å². The molecule has 48 heavy (non-hydrogen) atoms. The molecule has 0 amide bonds. The Kier molecular flexibility index (Phi) is 6.84. The van der Waals surface area contributed by atoms with Crippen molar-refractivity contribution in [1.29, 1.82) is 0 Å². The predicted molar refractivity (Wildman–Crippen MR) is 202 cm³/mol. The Morgan fingerprint density at radius 3 is 1.65 bits per heavy atom. The van der Waals surface area contributed by atoms with Crippen molar-refractivity contribution in [1.82, 2.24) is 0 Å². The molecule has 0 spiro atoms. The summed E-state index contributed by atoms with van der Waals surface area (Å²) >= 11 is 0. The molecular weight excluding hydrogens is 583 g/mol. The molecule has 0 saturated carbocycles. The summed E-state index contributed by atoms with van der Waals surface area (Å²) in [5, 5.41) is 4.68. The van der Waals surface area contributed by atoms with Gasteiger partial charge in [0, 0.05) is 33.4 Å². The number of furan rings is 1. The van der Waals surface area contributed by atoms with E-state index < -0.39 is 0 Å². The van der Waals surface area contributed by atoms with E-state index in [4.69, 9.17) is 4.42 Å². The molecule has 0 saturated heterocycles. The third-order valence-corrected chi connectivity index (χ3v) is 9.25. The summed E-state index contributed by atoms with van der Waals surface area (Å²) in [4.78, 5) is 2.33. The highest BCUT2D eigenvalue weighted by atomic mass is 16.3. The average molecular weight is 614 g/mol. The van der Waals surface area contributed by atoms with Crippen molar-refractivity contribution in [2.75, 3.05) is 4.90 Å². The van der Waals surface area contributed by atoms with Gasteiger partial charge in [0.2, 0.25) is 0 Å². The van der Waals surface area contributed by atoms with Crippen LogP contribution in [0.2, 0.25) is 0 Å². The third-order valence-electron chi connectivity index (χ3n) is 9.25. The molecule has 0 radical (unpaired) electrons. The number of rotatable bonds is 6. The maximum absolute atomic E-state index is 6.37. The third kappa shape index (κ3) is 4.92. The minimum atomic E-state index is 0.908. The van der Waals surface area contributed by atoms with Crippen LogP contribution in [0.3, 0.4) is 0 Å². The van der Waals surface area contributed by atoms with Crippen LogP contribution in [-0.2, 0) is 0 Å². The van der Waals surface area contributed by atoms with Gasteiger partial charge in [-0.05, 0) is 87.1 Å². The summed E-state index contributed by atoms with van der Waals surface area (Å²) in [6.45, 7) is 0. The Hall–Kier alpha value is -6.38. The van der Waals surface area contributed by atoms with E-state index in [9.17, 15) is 0 Å². The Labute approximate surface area is 279 Å². The van der Waals surface area contributed by atoms with Gasteiger partial charge in [0.05, 0.1) is 0 Å². The summed E-state index contributed by atoms with van der Waals surface area (Å²) < 4.78 is 6.37. The van der Waals surface area contributed by atoms with Crippen molar-refractivity contribution in [3.05, 3.63) is 188 Å². The van der Waals surface area contributed by atoms with E-state index in [1.807, 2.05) is 6.07 Å². The summed E-state index contributed by atoms with van der Waals surface area (Å²) in [5.74, 6) is 0. The molecule has 1 heterocycles. The zero-order chi connectivity index (χ0) is 31.9. The number of anilines is 3. The highest BCUT2D eigenvalue weighted by Gasteiger charge is 2.18. The molecule has 0 aliphatic carbocycles. The number of hydrogen-bond acceptors (Lipinski definition) is 2. The molecule has 226 valence electrons. The van der Waals surface area contributed by atoms with Gasteiger partial charge in [0.25, 0.3) is 0 Å². The van der Waals surface area contributed by atoms with Gasteiger partial charge < -0.3 is 9.32 Å². The fraction of sp³-hybridized carbons (Fsp3) is 0. The first kappa shape index (κ1) is 27.9. The standard InChI is InChI=1S/C46H31NO/c1-3-12-32(13-4-1)33-22-24-34(25-23-33)36-15-11-18-40(30-36)47(38-16-5-2-6-17-38)39-28-26-35(27-29-39)45-41-19-8-7-14-37(41)31-44-46(45)42-20-9-10-21-43(42)48-44/h1-31H. The first-order valence-electron chi connectivity index (χ1n) is 16.3. The molecule has 0 N–H and O–H groups in total. The van der Waals surface area contributed by atoms with E-state index in [0.29, 0.717) is 0 Å². The van der Waals surface area contributed by atoms with E-state index in [2.05, 4.69) is 187 Å². The number of benzene rings is 8. The van der Waals surface area contributed by atoms with Crippen LogP contribution in [0.1, 0.15) is 0 Å². The topological polar surface area (TPSA) is 16.4 Å². The minimum Gasteiger partial charge on any atom is -0.456 e. The molecule has 2 nitrogen and oxygen atoms in total. The van der Waals surface area contributed by atoms with Gasteiger partial charge in [-0.25, -0.2) is 0 Å². The van der Waals surface area contributed by atoms with Crippen molar-refractivity contribution in [2.24, 2.45) is 0 Å². The molecule has 0 aliphatic rings. The first-order chi connectivity index (χ1) is 23.8. The van der Waals surface area contributed by atoms with Gasteiger partial charge >= 0.3 is 0 Å². The van der Waals surface area contributed by atoms with Crippen LogP contribution < -0.4 is 4.90 Å². The van der Waals surface area contributed by atoms with Crippen molar-refractivity contribution in [3.8, 4) is 33.4 Å². The van der Waals surface area contributed by atoms with Gasteiger partial charge in [-0.3, -0.25) is 0 Å². The second kappa shape index (κ2) is 11.8. The largest absolute Gasteiger partial charge is 0.456 e. The highest BCUT2D eigenvalue weighted by molar-refractivity contribution is 6.20. The fourth-order valence-electron chi connectivity index (χ4n) is 6.96. The van der Waals surface area contributed by atoms with Gasteiger partial charge in [0.1, 0.15) is 11.2 Å². The second-order valence-corrected chi connectivity index (χ2v) is 12.2. The molecule has 8 aromatic carbocycles. The Balaban J connectivity index is 1.14. The van der Waals surface area contributed by atoms with Gasteiger partial charge in [-0.15, -0.1) is 0 Å². The summed E-state index contributed by atoms with van der Waals surface area (Å²) in [6, 6.07) is 66.8. The van der Waals surface area contributed by atoms with Crippen molar-refractivity contribution in [2.45, 2.75) is 0 Å². The average Bonchev–Trinajstić information content (AvgIpc) is 3.53. The SMILES string of the molecule is c1ccc(-c2ccc(-c3cccc(N(c4ccccc4)c4ccc(-c5c6ccccc6cc6oc7ccccc7c56)cc4)c3)cc2)cc1. The zero-order valence-corrected chi connectivity index (χ0v) is 26.3. The summed E-state index contributed by atoms with van der Waals surface area (Å²) in [5.41, 5.74) is 12.3. The lowest BCUT2D eigenvalue weighted by Gasteiger charge is -2.26. The van der Waals surface area contributed by atoms with Gasteiger partial charge in [0.15, 0.2) is 0 Å². The Bertz CT molecular complexity index is 2530. The lowest BCUT2D eigenvalue weighted by Crippen LogP contribution is -2.09. The van der Waals surface area contributed by atoms with E-state index >= 15 is 0 Å². The van der Waals surface area contributed by atoms with Crippen LogP contribution in [0.5, 0.6) is 0 Å². The Morgan fingerprint density at radius 2 is 0.875 bits per heavy atom. The molecule has 0 atom stereocenters. The molecule has 0 aliphatic heterocycles. The van der Waals surface area contributed by atoms with Gasteiger partial charge in [-0.1, -0.05) is 140 Å². The number of nitrogens with zero attached hydrogens (tertiary/aromatic N) is 1. The van der Waals surface area contributed by atoms with E-state index in [1.165, 1.54) is 38.6 Å². The molecule has 1 aromatic heterocycles. The molecule has 0 unspecified atom stereocenters. The number of para-hydroxylation sites is 2. The summed E-state index contributed by atoms with van der Waals surface area (Å²) in [7, 11) is 0. The number of hydrogen-bond donors (Lipinski definition) is 0. The molecular formula is C46H31NO. The lowest BCUT2D eigenvalue weighted by molar-refractivity contribution is 0.669.